The van der Waals surface area contributed by atoms with Crippen LogP contribution in [0.1, 0.15) is 42.9 Å². The molecule has 0 bridgehead atoms. The molecule has 0 saturated carbocycles. The number of ether oxygens (including phenoxy) is 2. The van der Waals surface area contributed by atoms with Crippen LogP contribution in [0.15, 0.2) is 30.6 Å². The molecule has 0 aliphatic rings. The van der Waals surface area contributed by atoms with Gasteiger partial charge in [0.25, 0.3) is 0 Å². The minimum atomic E-state index is -4.88. The van der Waals surface area contributed by atoms with Gasteiger partial charge in [0.2, 0.25) is 5.95 Å². The molecule has 5 nitrogen and oxygen atoms in total. The van der Waals surface area contributed by atoms with E-state index in [0.29, 0.717) is 0 Å². The van der Waals surface area contributed by atoms with Gasteiger partial charge in [-0.3, -0.25) is 0 Å². The molecule has 0 fully saturated rings. The van der Waals surface area contributed by atoms with Crippen LogP contribution in [0.25, 0.3) is 0 Å². The van der Waals surface area contributed by atoms with Crippen LogP contribution in [-0.4, -0.2) is 28.5 Å². The lowest BCUT2D eigenvalue weighted by molar-refractivity contribution is -0.275. The number of halogens is 4. The van der Waals surface area contributed by atoms with E-state index < -0.39 is 35.8 Å². The smallest absolute Gasteiger partial charge is 0.461 e. The number of imidazole rings is 1. The molecular formula is C17H18F4N2O3. The standard InChI is InChI=1S/C17H18F4N2O3/c1-10(2)8-25-16(24)14-15(18)22-9-23(14)11(3)12-6-4-5-7-13(12)26-17(19,20)21/h4-7,9-11H,8H2,1-3H3. The van der Waals surface area contributed by atoms with Crippen LogP contribution in [0.3, 0.4) is 0 Å². The van der Waals surface area contributed by atoms with Crippen molar-refractivity contribution in [1.82, 2.24) is 9.55 Å². The zero-order valence-corrected chi connectivity index (χ0v) is 14.4. The molecule has 0 aliphatic carbocycles. The Labute approximate surface area is 147 Å². The first-order valence-corrected chi connectivity index (χ1v) is 7.84. The van der Waals surface area contributed by atoms with Crippen molar-refractivity contribution < 1.29 is 31.8 Å². The molecule has 1 unspecified atom stereocenters. The highest BCUT2D eigenvalue weighted by atomic mass is 19.4. The zero-order valence-electron chi connectivity index (χ0n) is 14.4. The molecule has 1 aromatic carbocycles. The summed E-state index contributed by atoms with van der Waals surface area (Å²) in [5.41, 5.74) is -0.347. The highest BCUT2D eigenvalue weighted by molar-refractivity contribution is 5.87. The van der Waals surface area contributed by atoms with Crippen molar-refractivity contribution >= 4 is 5.97 Å². The number of benzene rings is 1. The van der Waals surface area contributed by atoms with Crippen LogP contribution < -0.4 is 4.74 Å². The Balaban J connectivity index is 2.37. The van der Waals surface area contributed by atoms with Crippen molar-refractivity contribution in [2.75, 3.05) is 6.61 Å². The molecule has 2 rings (SSSR count). The summed E-state index contributed by atoms with van der Waals surface area (Å²) in [6, 6.07) is 4.58. The Kier molecular flexibility index (Phi) is 5.89. The Bertz CT molecular complexity index is 772. The largest absolute Gasteiger partial charge is 0.573 e. The average Bonchev–Trinajstić information content (AvgIpc) is 2.92. The zero-order chi connectivity index (χ0) is 19.5. The second-order valence-corrected chi connectivity index (χ2v) is 6.05. The summed E-state index contributed by atoms with van der Waals surface area (Å²) in [7, 11) is 0. The third-order valence-electron chi connectivity index (χ3n) is 3.50. The van der Waals surface area contributed by atoms with Crippen molar-refractivity contribution in [2.24, 2.45) is 5.92 Å². The summed E-state index contributed by atoms with van der Waals surface area (Å²) < 4.78 is 61.9. The maximum atomic E-state index is 14.0. The van der Waals surface area contributed by atoms with E-state index in [1.54, 1.807) is 0 Å². The van der Waals surface area contributed by atoms with Gasteiger partial charge in [0, 0.05) is 5.56 Å². The number of hydrogen-bond donors (Lipinski definition) is 0. The van der Waals surface area contributed by atoms with Crippen LogP contribution in [0.4, 0.5) is 17.6 Å². The number of carbonyl (C=O) groups is 1. The first-order chi connectivity index (χ1) is 12.1. The van der Waals surface area contributed by atoms with Crippen molar-refractivity contribution in [3.63, 3.8) is 0 Å². The Morgan fingerprint density at radius 1 is 1.23 bits per heavy atom. The topological polar surface area (TPSA) is 53.3 Å². The molecule has 0 aliphatic heterocycles. The van der Waals surface area contributed by atoms with Gasteiger partial charge in [-0.05, 0) is 18.9 Å². The van der Waals surface area contributed by atoms with Crippen LogP contribution in [-0.2, 0) is 4.74 Å². The predicted octanol–water partition coefficient (Wildman–Crippen LogP) is 4.34. The lowest BCUT2D eigenvalue weighted by atomic mass is 10.1. The van der Waals surface area contributed by atoms with Gasteiger partial charge < -0.3 is 14.0 Å². The van der Waals surface area contributed by atoms with Crippen LogP contribution in [0.2, 0.25) is 0 Å². The number of carbonyl (C=O) groups excluding carboxylic acids is 1. The molecule has 0 N–H and O–H groups in total. The van der Waals surface area contributed by atoms with E-state index in [1.165, 1.54) is 25.1 Å². The van der Waals surface area contributed by atoms with Gasteiger partial charge in [-0.1, -0.05) is 32.0 Å². The van der Waals surface area contributed by atoms with Crippen molar-refractivity contribution in [1.29, 1.82) is 0 Å². The van der Waals surface area contributed by atoms with E-state index >= 15 is 0 Å². The first-order valence-electron chi connectivity index (χ1n) is 7.84. The lowest BCUT2D eigenvalue weighted by Gasteiger charge is -2.20. The van der Waals surface area contributed by atoms with Crippen LogP contribution >= 0.6 is 0 Å². The first kappa shape index (κ1) is 19.7. The third-order valence-corrected chi connectivity index (χ3v) is 3.50. The summed E-state index contributed by atoms with van der Waals surface area (Å²) >= 11 is 0. The van der Waals surface area contributed by atoms with Crippen LogP contribution in [0, 0.1) is 11.9 Å². The third kappa shape index (κ3) is 4.74. The van der Waals surface area contributed by atoms with Crippen molar-refractivity contribution in [3.05, 3.63) is 47.8 Å². The molecule has 0 spiro atoms. The summed E-state index contributed by atoms with van der Waals surface area (Å²) in [4.78, 5) is 15.6. The normalized spacial score (nSPS) is 12.9. The van der Waals surface area contributed by atoms with Crippen molar-refractivity contribution in [3.8, 4) is 5.75 Å². The monoisotopic (exact) mass is 374 g/mol. The van der Waals surface area contributed by atoms with Gasteiger partial charge in [-0.15, -0.1) is 13.2 Å². The van der Waals surface area contributed by atoms with Crippen LogP contribution in [0.5, 0.6) is 5.75 Å². The number of alkyl halides is 3. The molecule has 2 aromatic rings. The molecule has 9 heteroatoms. The lowest BCUT2D eigenvalue weighted by Crippen LogP contribution is -2.21. The van der Waals surface area contributed by atoms with E-state index in [2.05, 4.69) is 9.72 Å². The van der Waals surface area contributed by atoms with Gasteiger partial charge >= 0.3 is 12.3 Å². The number of rotatable bonds is 6. The number of esters is 1. The fraction of sp³-hybridized carbons (Fsp3) is 0.412. The second-order valence-electron chi connectivity index (χ2n) is 6.05. The fourth-order valence-electron chi connectivity index (χ4n) is 2.33. The Hall–Kier alpha value is -2.58. The minimum absolute atomic E-state index is 0.0386. The molecule has 1 atom stereocenters. The fourth-order valence-corrected chi connectivity index (χ4v) is 2.33. The maximum absolute atomic E-state index is 14.0. The van der Waals surface area contributed by atoms with E-state index in [1.807, 2.05) is 13.8 Å². The Morgan fingerprint density at radius 3 is 2.50 bits per heavy atom. The van der Waals surface area contributed by atoms with E-state index in [-0.39, 0.29) is 18.1 Å². The number of para-hydroxylation sites is 1. The molecular weight excluding hydrogens is 356 g/mol. The molecule has 26 heavy (non-hydrogen) atoms. The molecule has 0 radical (unpaired) electrons. The quantitative estimate of drug-likeness (QED) is 0.557. The van der Waals surface area contributed by atoms with E-state index in [0.717, 1.165) is 17.0 Å². The van der Waals surface area contributed by atoms with Gasteiger partial charge in [-0.25, -0.2) is 9.78 Å². The van der Waals surface area contributed by atoms with Gasteiger partial charge in [0.05, 0.1) is 19.0 Å². The highest BCUT2D eigenvalue weighted by Crippen LogP contribution is 2.32. The van der Waals surface area contributed by atoms with Gasteiger partial charge in [-0.2, -0.15) is 4.39 Å². The van der Waals surface area contributed by atoms with E-state index in [9.17, 15) is 22.4 Å². The maximum Gasteiger partial charge on any atom is 0.573 e. The molecule has 1 heterocycles. The average molecular weight is 374 g/mol. The molecule has 142 valence electrons. The van der Waals surface area contributed by atoms with Gasteiger partial charge in [0.1, 0.15) is 5.75 Å². The summed E-state index contributed by atoms with van der Waals surface area (Å²) in [5, 5.41) is 0. The SMILES string of the molecule is CC(C)COC(=O)c1c(F)ncn1C(C)c1ccccc1OC(F)(F)F. The molecule has 1 aromatic heterocycles. The molecule has 0 saturated heterocycles. The number of aromatic nitrogens is 2. The molecule has 0 amide bonds. The number of nitrogens with zero attached hydrogens (tertiary/aromatic N) is 2. The minimum Gasteiger partial charge on any atom is -0.461 e. The van der Waals surface area contributed by atoms with Crippen molar-refractivity contribution in [2.45, 2.75) is 33.2 Å². The van der Waals surface area contributed by atoms with Gasteiger partial charge in [0.15, 0.2) is 5.69 Å². The second kappa shape index (κ2) is 7.76. The van der Waals surface area contributed by atoms with E-state index in [4.69, 9.17) is 4.74 Å². The summed E-state index contributed by atoms with van der Waals surface area (Å²) in [6.45, 7) is 5.20. The number of hydrogen-bond acceptors (Lipinski definition) is 4. The predicted molar refractivity (Wildman–Crippen MR) is 84.2 cm³/mol. The Morgan fingerprint density at radius 2 is 1.88 bits per heavy atom. The highest BCUT2D eigenvalue weighted by Gasteiger charge is 2.33. The summed E-state index contributed by atoms with van der Waals surface area (Å²) in [6.07, 6.45) is -3.84. The summed E-state index contributed by atoms with van der Waals surface area (Å²) in [5.74, 6) is -2.39.